The van der Waals surface area contributed by atoms with Crippen LogP contribution in [0.5, 0.6) is 0 Å². The van der Waals surface area contributed by atoms with Crippen molar-refractivity contribution in [1.29, 1.82) is 0 Å². The van der Waals surface area contributed by atoms with Crippen molar-refractivity contribution < 1.29 is 18.7 Å². The van der Waals surface area contributed by atoms with E-state index >= 15 is 0 Å². The van der Waals surface area contributed by atoms with Crippen molar-refractivity contribution in [2.75, 3.05) is 31.6 Å². The summed E-state index contributed by atoms with van der Waals surface area (Å²) in [6, 6.07) is 10.9. The first-order valence-corrected chi connectivity index (χ1v) is 12.4. The summed E-state index contributed by atoms with van der Waals surface area (Å²) in [5.41, 5.74) is 1.34. The highest BCUT2D eigenvalue weighted by molar-refractivity contribution is 7.09. The highest BCUT2D eigenvalue weighted by Gasteiger charge is 2.25. The third-order valence-electron chi connectivity index (χ3n) is 5.96. The van der Waals surface area contributed by atoms with Crippen LogP contribution in [0.25, 0.3) is 11.0 Å². The molecule has 1 aliphatic heterocycles. The summed E-state index contributed by atoms with van der Waals surface area (Å²) in [5.74, 6) is 0.150. The van der Waals surface area contributed by atoms with Crippen LogP contribution in [0.3, 0.4) is 0 Å². The topological polar surface area (TPSA) is 101 Å². The minimum atomic E-state index is -0.557. The van der Waals surface area contributed by atoms with Gasteiger partial charge in [-0.05, 0) is 68.4 Å². The van der Waals surface area contributed by atoms with Crippen LogP contribution in [-0.2, 0) is 22.5 Å². The molecule has 3 aromatic rings. The fraction of sp³-hybridized carbons (Fsp3) is 0.400. The zero-order valence-corrected chi connectivity index (χ0v) is 20.0. The number of piperidine rings is 1. The number of thiophene rings is 1. The first-order valence-electron chi connectivity index (χ1n) is 11.5. The van der Waals surface area contributed by atoms with Gasteiger partial charge >= 0.3 is 11.7 Å². The van der Waals surface area contributed by atoms with Gasteiger partial charge in [-0.1, -0.05) is 6.07 Å². The zero-order chi connectivity index (χ0) is 23.9. The Balaban J connectivity index is 1.33. The van der Waals surface area contributed by atoms with Crippen LogP contribution in [0, 0.1) is 5.92 Å². The predicted octanol–water partition coefficient (Wildman–Crippen LogP) is 3.99. The molecule has 1 aliphatic rings. The molecule has 2 aromatic heterocycles. The van der Waals surface area contributed by atoms with Gasteiger partial charge in [-0.3, -0.25) is 15.0 Å². The number of nitrogens with one attached hydrogen (secondary N) is 2. The molecule has 1 fully saturated rings. The highest BCUT2D eigenvalue weighted by atomic mass is 32.1. The Morgan fingerprint density at radius 3 is 2.76 bits per heavy atom. The van der Waals surface area contributed by atoms with E-state index in [2.05, 4.69) is 21.6 Å². The van der Waals surface area contributed by atoms with Crippen LogP contribution in [0.2, 0.25) is 0 Å². The molecule has 34 heavy (non-hydrogen) atoms. The number of hydrogen-bond donors (Lipinski definition) is 2. The van der Waals surface area contributed by atoms with Gasteiger partial charge in [-0.2, -0.15) is 0 Å². The number of carbonyl (C=O) groups excluding carboxylic acids is 2. The van der Waals surface area contributed by atoms with E-state index in [0.717, 1.165) is 43.3 Å². The van der Waals surface area contributed by atoms with Crippen LogP contribution < -0.4 is 16.3 Å². The molecule has 0 saturated carbocycles. The van der Waals surface area contributed by atoms with E-state index < -0.39 is 11.7 Å². The highest BCUT2D eigenvalue weighted by Crippen LogP contribution is 2.25. The number of likely N-dealkylation sites (tertiary alicyclic amines) is 1. The lowest BCUT2D eigenvalue weighted by Gasteiger charge is -2.31. The molecule has 0 atom stereocenters. The molecule has 3 heterocycles. The summed E-state index contributed by atoms with van der Waals surface area (Å²) >= 11 is 1.71. The number of amides is 2. The second-order valence-corrected chi connectivity index (χ2v) is 9.35. The minimum Gasteiger partial charge on any atom is -0.450 e. The van der Waals surface area contributed by atoms with Crippen molar-refractivity contribution in [3.63, 3.8) is 0 Å². The molecule has 0 spiro atoms. The van der Waals surface area contributed by atoms with Crippen molar-refractivity contribution in [3.8, 4) is 0 Å². The number of anilines is 1. The number of carbonyl (C=O) groups is 2. The lowest BCUT2D eigenvalue weighted by molar-refractivity contribution is -0.126. The third-order valence-corrected chi connectivity index (χ3v) is 6.89. The van der Waals surface area contributed by atoms with Gasteiger partial charge in [0.1, 0.15) is 5.58 Å². The van der Waals surface area contributed by atoms with Crippen LogP contribution in [-0.4, -0.2) is 43.1 Å². The van der Waals surface area contributed by atoms with E-state index in [4.69, 9.17) is 9.15 Å². The van der Waals surface area contributed by atoms with Crippen molar-refractivity contribution in [3.05, 3.63) is 62.6 Å². The van der Waals surface area contributed by atoms with Gasteiger partial charge in [-0.15, -0.1) is 11.3 Å². The fourth-order valence-electron chi connectivity index (χ4n) is 4.23. The minimum absolute atomic E-state index is 0.0219. The smallest absolute Gasteiger partial charge is 0.411 e. The number of benzene rings is 1. The lowest BCUT2D eigenvalue weighted by atomic mass is 9.95. The van der Waals surface area contributed by atoms with Gasteiger partial charge in [0.25, 0.3) is 0 Å². The first-order chi connectivity index (χ1) is 16.5. The number of hydrogen-bond acceptors (Lipinski definition) is 7. The molecule has 9 heteroatoms. The van der Waals surface area contributed by atoms with E-state index in [1.165, 1.54) is 10.9 Å². The van der Waals surface area contributed by atoms with Crippen molar-refractivity contribution in [1.82, 2.24) is 10.2 Å². The molecule has 1 saturated heterocycles. The van der Waals surface area contributed by atoms with Crippen molar-refractivity contribution >= 4 is 40.0 Å². The molecule has 4 rings (SSSR count). The summed E-state index contributed by atoms with van der Waals surface area (Å²) in [5, 5.41) is 8.56. The number of fused-ring (bicyclic) bond motifs is 1. The molecule has 2 N–H and O–H groups in total. The molecule has 0 bridgehead atoms. The molecule has 8 nitrogen and oxygen atoms in total. The Morgan fingerprint density at radius 2 is 2.03 bits per heavy atom. The summed E-state index contributed by atoms with van der Waals surface area (Å²) in [4.78, 5) is 39.9. The Hall–Kier alpha value is -3.17. The van der Waals surface area contributed by atoms with Crippen LogP contribution in [0.4, 0.5) is 10.5 Å². The van der Waals surface area contributed by atoms with Gasteiger partial charge in [0.05, 0.1) is 6.61 Å². The average Bonchev–Trinajstić information content (AvgIpc) is 3.33. The molecule has 1 aromatic carbocycles. The van der Waals surface area contributed by atoms with Gasteiger partial charge in [0, 0.05) is 47.1 Å². The Morgan fingerprint density at radius 1 is 1.21 bits per heavy atom. The van der Waals surface area contributed by atoms with Gasteiger partial charge in [0.2, 0.25) is 5.91 Å². The molecule has 0 radical (unpaired) electrons. The summed E-state index contributed by atoms with van der Waals surface area (Å²) < 4.78 is 10.3. The lowest BCUT2D eigenvalue weighted by Crippen LogP contribution is -2.40. The van der Waals surface area contributed by atoms with Crippen LogP contribution in [0.15, 0.2) is 51.0 Å². The van der Waals surface area contributed by atoms with Gasteiger partial charge in [0.15, 0.2) is 0 Å². The second kappa shape index (κ2) is 11.3. The van der Waals surface area contributed by atoms with Crippen LogP contribution in [0.1, 0.15) is 30.2 Å². The fourth-order valence-corrected chi connectivity index (χ4v) is 4.93. The van der Waals surface area contributed by atoms with E-state index in [1.54, 1.807) is 30.4 Å². The standard InChI is InChI=1S/C25H29N3O5S/c1-2-32-25(31)27-19-5-6-21-18(14-23(29)33-22(21)15-19)16-28-11-8-17(9-12-28)24(30)26-10-7-20-4-3-13-34-20/h3-6,13-15,17H,2,7-12,16H2,1H3,(H,26,30)(H,27,31). The largest absolute Gasteiger partial charge is 0.450 e. The third kappa shape index (κ3) is 6.24. The maximum absolute atomic E-state index is 12.5. The second-order valence-electron chi connectivity index (χ2n) is 8.32. The van der Waals surface area contributed by atoms with Crippen LogP contribution >= 0.6 is 11.3 Å². The van der Waals surface area contributed by atoms with E-state index in [0.29, 0.717) is 24.4 Å². The monoisotopic (exact) mass is 483 g/mol. The number of rotatable bonds is 8. The SMILES string of the molecule is CCOC(=O)Nc1ccc2c(CN3CCC(C(=O)NCCc4cccs4)CC3)cc(=O)oc2c1. The molecular formula is C25H29N3O5S. The molecule has 0 aliphatic carbocycles. The number of nitrogens with zero attached hydrogens (tertiary/aromatic N) is 1. The van der Waals surface area contributed by atoms with Crippen molar-refractivity contribution in [2.45, 2.75) is 32.7 Å². The average molecular weight is 484 g/mol. The Kier molecular flexibility index (Phi) is 7.97. The molecular weight excluding hydrogens is 454 g/mol. The summed E-state index contributed by atoms with van der Waals surface area (Å²) in [7, 11) is 0. The summed E-state index contributed by atoms with van der Waals surface area (Å²) in [6.45, 7) is 4.83. The van der Waals surface area contributed by atoms with E-state index in [1.807, 2.05) is 17.5 Å². The molecule has 2 amide bonds. The zero-order valence-electron chi connectivity index (χ0n) is 19.2. The van der Waals surface area contributed by atoms with Gasteiger partial charge in [-0.25, -0.2) is 9.59 Å². The molecule has 0 unspecified atom stereocenters. The first kappa shape index (κ1) is 24.0. The van der Waals surface area contributed by atoms with Gasteiger partial charge < -0.3 is 14.5 Å². The molecule has 180 valence electrons. The maximum Gasteiger partial charge on any atom is 0.411 e. The quantitative estimate of drug-likeness (QED) is 0.470. The Labute approximate surface area is 201 Å². The maximum atomic E-state index is 12.5. The normalized spacial score (nSPS) is 14.7. The van der Waals surface area contributed by atoms with Crippen molar-refractivity contribution in [2.24, 2.45) is 5.92 Å². The Bertz CT molecular complexity index is 1180. The van der Waals surface area contributed by atoms with E-state index in [-0.39, 0.29) is 18.4 Å². The predicted molar refractivity (Wildman–Crippen MR) is 132 cm³/mol. The number of ether oxygens (including phenoxy) is 1. The summed E-state index contributed by atoms with van der Waals surface area (Å²) in [6.07, 6.45) is 1.89. The van der Waals surface area contributed by atoms with E-state index in [9.17, 15) is 14.4 Å².